The SMILES string of the molecule is CCOc1c(F)c(-c2cc(C)cc(C)c2)nn1CCOC1(SC)C=CC(c2ccccc2)C=C1Cl. The average Bonchev–Trinajstić information content (AvgIpc) is 3.15. The van der Waals surface area contributed by atoms with E-state index in [0.717, 1.165) is 16.7 Å². The molecule has 4 rings (SSSR count). The first-order valence-corrected chi connectivity index (χ1v) is 13.3. The molecule has 35 heavy (non-hydrogen) atoms. The van der Waals surface area contributed by atoms with Crippen LogP contribution in [0.25, 0.3) is 11.3 Å². The van der Waals surface area contributed by atoms with Gasteiger partial charge in [0.2, 0.25) is 11.7 Å². The minimum absolute atomic E-state index is 0.0951. The zero-order chi connectivity index (χ0) is 25.0. The summed E-state index contributed by atoms with van der Waals surface area (Å²) in [4.78, 5) is -0.791. The van der Waals surface area contributed by atoms with Crippen LogP contribution in [0.2, 0.25) is 0 Å². The topological polar surface area (TPSA) is 36.3 Å². The molecule has 2 aromatic carbocycles. The maximum atomic E-state index is 15.3. The molecule has 0 amide bonds. The van der Waals surface area contributed by atoms with E-state index in [1.165, 1.54) is 22.0 Å². The van der Waals surface area contributed by atoms with Crippen LogP contribution in [-0.4, -0.2) is 34.2 Å². The fourth-order valence-corrected chi connectivity index (χ4v) is 5.46. The minimum Gasteiger partial charge on any atom is -0.476 e. The molecule has 1 aliphatic carbocycles. The van der Waals surface area contributed by atoms with E-state index in [4.69, 9.17) is 21.1 Å². The van der Waals surface area contributed by atoms with E-state index >= 15 is 4.39 Å². The van der Waals surface area contributed by atoms with Crippen molar-refractivity contribution in [1.82, 2.24) is 9.78 Å². The molecular formula is C28H30ClFN2O2S. The second kappa shape index (κ2) is 11.0. The van der Waals surface area contributed by atoms with Crippen molar-refractivity contribution in [2.45, 2.75) is 38.2 Å². The second-order valence-electron chi connectivity index (χ2n) is 8.53. The highest BCUT2D eigenvalue weighted by atomic mass is 35.5. The van der Waals surface area contributed by atoms with Crippen molar-refractivity contribution in [3.8, 4) is 17.1 Å². The van der Waals surface area contributed by atoms with E-state index in [1.54, 1.807) is 0 Å². The van der Waals surface area contributed by atoms with Gasteiger partial charge in [-0.2, -0.15) is 9.49 Å². The van der Waals surface area contributed by atoms with Gasteiger partial charge in [-0.3, -0.25) is 0 Å². The summed E-state index contributed by atoms with van der Waals surface area (Å²) < 4.78 is 28.8. The summed E-state index contributed by atoms with van der Waals surface area (Å²) in [6.07, 6.45) is 8.09. The summed E-state index contributed by atoms with van der Waals surface area (Å²) >= 11 is 8.26. The van der Waals surface area contributed by atoms with Gasteiger partial charge >= 0.3 is 0 Å². The van der Waals surface area contributed by atoms with Crippen molar-refractivity contribution in [2.75, 3.05) is 19.5 Å². The van der Waals surface area contributed by atoms with Gasteiger partial charge in [-0.25, -0.2) is 4.68 Å². The van der Waals surface area contributed by atoms with E-state index in [9.17, 15) is 0 Å². The number of thioether (sulfide) groups is 1. The molecule has 1 aliphatic rings. The number of rotatable bonds is 9. The molecule has 3 aromatic rings. The van der Waals surface area contributed by atoms with E-state index < -0.39 is 10.8 Å². The molecule has 0 bridgehead atoms. The lowest BCUT2D eigenvalue weighted by Gasteiger charge is -2.32. The van der Waals surface area contributed by atoms with Crippen LogP contribution in [0.15, 0.2) is 71.8 Å². The van der Waals surface area contributed by atoms with Gasteiger partial charge in [-0.1, -0.05) is 71.3 Å². The molecule has 1 heterocycles. The van der Waals surface area contributed by atoms with Gasteiger partial charge in [0.05, 0.1) is 24.8 Å². The summed E-state index contributed by atoms with van der Waals surface area (Å²) in [7, 11) is 0. The second-order valence-corrected chi connectivity index (χ2v) is 9.95. The number of halogens is 2. The maximum Gasteiger partial charge on any atom is 0.249 e. The normalized spacial score (nSPS) is 19.6. The Morgan fingerprint density at radius 2 is 1.86 bits per heavy atom. The fourth-order valence-electron chi connectivity index (χ4n) is 4.29. The van der Waals surface area contributed by atoms with Crippen molar-refractivity contribution >= 4 is 23.4 Å². The van der Waals surface area contributed by atoms with E-state index in [1.807, 2.05) is 69.5 Å². The van der Waals surface area contributed by atoms with Crippen molar-refractivity contribution in [3.05, 3.63) is 94.3 Å². The van der Waals surface area contributed by atoms with Gasteiger partial charge in [0.15, 0.2) is 4.93 Å². The van der Waals surface area contributed by atoms with Crippen molar-refractivity contribution in [3.63, 3.8) is 0 Å². The zero-order valence-electron chi connectivity index (χ0n) is 20.4. The van der Waals surface area contributed by atoms with Gasteiger partial charge in [-0.05, 0) is 50.8 Å². The van der Waals surface area contributed by atoms with E-state index in [-0.39, 0.29) is 24.1 Å². The molecule has 0 aliphatic heterocycles. The van der Waals surface area contributed by atoms with Gasteiger partial charge in [0.1, 0.15) is 5.69 Å². The number of benzene rings is 2. The van der Waals surface area contributed by atoms with Crippen molar-refractivity contribution in [2.24, 2.45) is 0 Å². The highest BCUT2D eigenvalue weighted by Gasteiger charge is 2.35. The lowest BCUT2D eigenvalue weighted by atomic mass is 9.93. The zero-order valence-corrected chi connectivity index (χ0v) is 22.0. The van der Waals surface area contributed by atoms with Crippen LogP contribution < -0.4 is 4.74 Å². The third-order valence-electron chi connectivity index (χ3n) is 5.92. The van der Waals surface area contributed by atoms with Gasteiger partial charge in [0.25, 0.3) is 0 Å². The standard InChI is InChI=1S/C28H30ClFN2O2S/c1-5-33-27-25(30)26(23-16-19(2)15-20(3)17-23)31-32(27)13-14-34-28(35-4)12-11-22(18-24(28)29)21-9-7-6-8-10-21/h6-12,15-18,22H,5,13-14H2,1-4H3. The molecule has 2 atom stereocenters. The van der Waals surface area contributed by atoms with Crippen LogP contribution in [0.5, 0.6) is 5.88 Å². The number of aryl methyl sites for hydroxylation is 2. The van der Waals surface area contributed by atoms with Gasteiger partial charge in [-0.15, -0.1) is 11.8 Å². The molecule has 0 saturated heterocycles. The molecule has 0 saturated carbocycles. The maximum absolute atomic E-state index is 15.3. The molecular weight excluding hydrogens is 483 g/mol. The lowest BCUT2D eigenvalue weighted by Crippen LogP contribution is -2.30. The fraction of sp³-hybridized carbons (Fsp3) is 0.321. The molecule has 7 heteroatoms. The Morgan fingerprint density at radius 3 is 2.49 bits per heavy atom. The largest absolute Gasteiger partial charge is 0.476 e. The molecule has 0 fully saturated rings. The van der Waals surface area contributed by atoms with E-state index in [0.29, 0.717) is 18.2 Å². The van der Waals surface area contributed by atoms with Crippen LogP contribution in [0, 0.1) is 19.7 Å². The third kappa shape index (κ3) is 5.50. The Labute approximate surface area is 215 Å². The van der Waals surface area contributed by atoms with Crippen LogP contribution in [-0.2, 0) is 11.3 Å². The van der Waals surface area contributed by atoms with Crippen molar-refractivity contribution in [1.29, 1.82) is 0 Å². The van der Waals surface area contributed by atoms with Crippen LogP contribution in [0.1, 0.15) is 29.5 Å². The summed E-state index contributed by atoms with van der Waals surface area (Å²) in [6.45, 7) is 6.73. The summed E-state index contributed by atoms with van der Waals surface area (Å²) in [5, 5.41) is 5.17. The van der Waals surface area contributed by atoms with Crippen LogP contribution >= 0.6 is 23.4 Å². The van der Waals surface area contributed by atoms with E-state index in [2.05, 4.69) is 29.4 Å². The quantitative estimate of drug-likeness (QED) is 0.223. The first-order chi connectivity index (χ1) is 16.9. The molecule has 184 valence electrons. The number of ether oxygens (including phenoxy) is 2. The minimum atomic E-state index is -0.791. The summed E-state index contributed by atoms with van der Waals surface area (Å²) in [5.74, 6) is -0.247. The number of aromatic nitrogens is 2. The predicted octanol–water partition coefficient (Wildman–Crippen LogP) is 7.26. The number of allylic oxidation sites excluding steroid dienone is 2. The van der Waals surface area contributed by atoms with Gasteiger partial charge < -0.3 is 9.47 Å². The lowest BCUT2D eigenvalue weighted by molar-refractivity contribution is 0.0771. The molecule has 0 N–H and O–H groups in total. The third-order valence-corrected chi connectivity index (χ3v) is 7.52. The number of hydrogen-bond donors (Lipinski definition) is 0. The first kappa shape index (κ1) is 25.5. The number of hydrogen-bond acceptors (Lipinski definition) is 4. The Bertz CT molecular complexity index is 1220. The average molecular weight is 513 g/mol. The highest BCUT2D eigenvalue weighted by molar-refractivity contribution is 8.00. The molecule has 1 aromatic heterocycles. The molecule has 0 radical (unpaired) electrons. The Morgan fingerprint density at radius 1 is 1.14 bits per heavy atom. The Kier molecular flexibility index (Phi) is 8.05. The Balaban J connectivity index is 1.52. The smallest absolute Gasteiger partial charge is 0.249 e. The van der Waals surface area contributed by atoms with Gasteiger partial charge in [0, 0.05) is 11.5 Å². The Hall–Kier alpha value is -2.54. The summed E-state index contributed by atoms with van der Waals surface area (Å²) in [5.41, 5.74) is 4.28. The number of nitrogens with zero attached hydrogens (tertiary/aromatic N) is 2. The first-order valence-electron chi connectivity index (χ1n) is 11.7. The predicted molar refractivity (Wildman–Crippen MR) is 143 cm³/mol. The molecule has 2 unspecified atom stereocenters. The van der Waals surface area contributed by atoms with Crippen LogP contribution in [0.4, 0.5) is 4.39 Å². The van der Waals surface area contributed by atoms with Crippen molar-refractivity contribution < 1.29 is 13.9 Å². The van der Waals surface area contributed by atoms with Crippen LogP contribution in [0.3, 0.4) is 0 Å². The monoisotopic (exact) mass is 512 g/mol. The summed E-state index contributed by atoms with van der Waals surface area (Å²) in [6, 6.07) is 16.1. The molecule has 0 spiro atoms. The highest BCUT2D eigenvalue weighted by Crippen LogP contribution is 2.42. The molecule has 4 nitrogen and oxygen atoms in total.